The van der Waals surface area contributed by atoms with Crippen molar-refractivity contribution in [3.8, 4) is 5.75 Å². The van der Waals surface area contributed by atoms with Crippen molar-refractivity contribution in [2.24, 2.45) is 0 Å². The van der Waals surface area contributed by atoms with Crippen molar-refractivity contribution >= 4 is 21.5 Å². The molecule has 0 amide bonds. The highest BCUT2D eigenvalue weighted by molar-refractivity contribution is 7.92. The van der Waals surface area contributed by atoms with E-state index in [0.717, 1.165) is 42.5 Å². The van der Waals surface area contributed by atoms with Crippen LogP contribution in [0.15, 0.2) is 59.6 Å². The number of anilines is 2. The zero-order valence-corrected chi connectivity index (χ0v) is 16.9. The molecule has 6 nitrogen and oxygen atoms in total. The van der Waals surface area contributed by atoms with Crippen LogP contribution in [-0.4, -0.2) is 27.1 Å². The lowest BCUT2D eigenvalue weighted by Crippen LogP contribution is -2.31. The van der Waals surface area contributed by atoms with Gasteiger partial charge in [-0.05, 0) is 42.3 Å². The number of ether oxygens (including phenoxy) is 1. The van der Waals surface area contributed by atoms with Crippen molar-refractivity contribution in [1.29, 1.82) is 0 Å². The van der Waals surface area contributed by atoms with Crippen molar-refractivity contribution in [2.75, 3.05) is 23.3 Å². The fourth-order valence-electron chi connectivity index (χ4n) is 3.45. The van der Waals surface area contributed by atoms with Crippen molar-refractivity contribution < 1.29 is 21.9 Å². The molecule has 2 heterocycles. The van der Waals surface area contributed by atoms with Gasteiger partial charge in [0.05, 0.1) is 12.8 Å². The molecule has 1 N–H and O–H groups in total. The lowest BCUT2D eigenvalue weighted by molar-refractivity contribution is 0.407. The number of aromatic nitrogens is 1. The standard InChI is InChI=1S/C21H19F2N3O3S/c1-29-20-4-2-3-14-13-26(10-9-17(14)20)21-8-6-16(12-24-21)30(27,28)25-15-5-7-18(22)19(23)11-15/h2-8,11-12,25H,9-10,13H2,1H3. The third-order valence-electron chi connectivity index (χ3n) is 4.97. The minimum Gasteiger partial charge on any atom is -0.496 e. The highest BCUT2D eigenvalue weighted by Crippen LogP contribution is 2.30. The van der Waals surface area contributed by atoms with Crippen molar-refractivity contribution in [2.45, 2.75) is 17.9 Å². The summed E-state index contributed by atoms with van der Waals surface area (Å²) in [4.78, 5) is 6.28. The Kier molecular flexibility index (Phi) is 5.29. The average molecular weight is 431 g/mol. The van der Waals surface area contributed by atoms with Gasteiger partial charge in [-0.2, -0.15) is 0 Å². The summed E-state index contributed by atoms with van der Waals surface area (Å²) in [6.45, 7) is 1.36. The normalized spacial score (nSPS) is 13.6. The van der Waals surface area contributed by atoms with Crippen LogP contribution in [0.1, 0.15) is 11.1 Å². The fraction of sp³-hybridized carbons (Fsp3) is 0.190. The van der Waals surface area contributed by atoms with Gasteiger partial charge in [0.25, 0.3) is 10.0 Å². The Bertz CT molecular complexity index is 1180. The summed E-state index contributed by atoms with van der Waals surface area (Å²) in [7, 11) is -2.33. The van der Waals surface area contributed by atoms with Gasteiger partial charge in [-0.3, -0.25) is 4.72 Å². The predicted octanol–water partition coefficient (Wildman–Crippen LogP) is 3.73. The molecule has 1 aliphatic rings. The zero-order valence-electron chi connectivity index (χ0n) is 16.1. The van der Waals surface area contributed by atoms with Crippen LogP contribution in [-0.2, 0) is 23.0 Å². The summed E-state index contributed by atoms with van der Waals surface area (Å²) in [5, 5.41) is 0. The number of halogens is 2. The van der Waals surface area contributed by atoms with Crippen LogP contribution in [0.4, 0.5) is 20.3 Å². The number of hydrogen-bond acceptors (Lipinski definition) is 5. The minimum absolute atomic E-state index is 0.0699. The van der Waals surface area contributed by atoms with Crippen molar-refractivity contribution in [3.05, 3.63) is 77.5 Å². The Morgan fingerprint density at radius 1 is 1.10 bits per heavy atom. The van der Waals surface area contributed by atoms with Crippen LogP contribution in [0.2, 0.25) is 0 Å². The number of sulfonamides is 1. The van der Waals surface area contributed by atoms with Gasteiger partial charge in [0.1, 0.15) is 16.5 Å². The van der Waals surface area contributed by atoms with Gasteiger partial charge in [0, 0.05) is 30.9 Å². The Morgan fingerprint density at radius 2 is 1.93 bits per heavy atom. The molecule has 0 saturated carbocycles. The first-order valence-electron chi connectivity index (χ1n) is 9.21. The number of rotatable bonds is 5. The summed E-state index contributed by atoms with van der Waals surface area (Å²) in [5.74, 6) is -0.671. The molecule has 3 aromatic rings. The Balaban J connectivity index is 1.52. The summed E-state index contributed by atoms with van der Waals surface area (Å²) < 4.78 is 59.1. The number of methoxy groups -OCH3 is 1. The summed E-state index contributed by atoms with van der Waals surface area (Å²) in [6, 6.07) is 11.8. The number of pyridine rings is 1. The largest absolute Gasteiger partial charge is 0.496 e. The first-order chi connectivity index (χ1) is 14.4. The first kappa shape index (κ1) is 20.1. The van der Waals surface area contributed by atoms with Gasteiger partial charge in [0.2, 0.25) is 0 Å². The second-order valence-corrected chi connectivity index (χ2v) is 8.54. The molecule has 0 spiro atoms. The molecular weight excluding hydrogens is 412 g/mol. The fourth-order valence-corrected chi connectivity index (χ4v) is 4.45. The average Bonchev–Trinajstić information content (AvgIpc) is 2.75. The number of nitrogens with zero attached hydrogens (tertiary/aromatic N) is 2. The van der Waals surface area contributed by atoms with Gasteiger partial charge >= 0.3 is 0 Å². The lowest BCUT2D eigenvalue weighted by Gasteiger charge is -2.30. The quantitative estimate of drug-likeness (QED) is 0.667. The van der Waals surface area contributed by atoms with Gasteiger partial charge in [0.15, 0.2) is 11.6 Å². The molecule has 0 bridgehead atoms. The molecular formula is C21H19F2N3O3S. The molecule has 0 radical (unpaired) electrons. The zero-order chi connectivity index (χ0) is 21.3. The van der Waals surface area contributed by atoms with Crippen LogP contribution in [0.25, 0.3) is 0 Å². The van der Waals surface area contributed by atoms with Crippen LogP contribution < -0.4 is 14.4 Å². The summed E-state index contributed by atoms with van der Waals surface area (Å²) in [6.07, 6.45) is 2.04. The minimum atomic E-state index is -3.98. The second-order valence-electron chi connectivity index (χ2n) is 6.86. The second kappa shape index (κ2) is 7.91. The lowest BCUT2D eigenvalue weighted by atomic mass is 9.98. The van der Waals surface area contributed by atoms with E-state index in [-0.39, 0.29) is 10.6 Å². The van der Waals surface area contributed by atoms with Crippen LogP contribution in [0, 0.1) is 11.6 Å². The Morgan fingerprint density at radius 3 is 2.63 bits per heavy atom. The number of benzene rings is 2. The highest BCUT2D eigenvalue weighted by Gasteiger charge is 2.21. The monoisotopic (exact) mass is 431 g/mol. The maximum Gasteiger partial charge on any atom is 0.263 e. The van der Waals surface area contributed by atoms with E-state index in [4.69, 9.17) is 4.74 Å². The van der Waals surface area contributed by atoms with Crippen LogP contribution >= 0.6 is 0 Å². The van der Waals surface area contributed by atoms with Crippen LogP contribution in [0.3, 0.4) is 0 Å². The Labute approximate surface area is 173 Å². The van der Waals surface area contributed by atoms with E-state index in [1.54, 1.807) is 13.2 Å². The number of fused-ring (bicyclic) bond motifs is 1. The molecule has 0 fully saturated rings. The molecule has 9 heteroatoms. The third-order valence-corrected chi connectivity index (χ3v) is 6.34. The molecule has 1 aromatic heterocycles. The summed E-state index contributed by atoms with van der Waals surface area (Å²) in [5.41, 5.74) is 2.24. The van der Waals surface area contributed by atoms with E-state index in [2.05, 4.69) is 14.6 Å². The highest BCUT2D eigenvalue weighted by atomic mass is 32.2. The number of nitrogens with one attached hydrogen (secondary N) is 1. The van der Waals surface area contributed by atoms with E-state index >= 15 is 0 Å². The van der Waals surface area contributed by atoms with Crippen LogP contribution in [0.5, 0.6) is 5.75 Å². The van der Waals surface area contributed by atoms with E-state index in [0.29, 0.717) is 12.4 Å². The van der Waals surface area contributed by atoms with Gasteiger partial charge in [-0.25, -0.2) is 22.2 Å². The van der Waals surface area contributed by atoms with Gasteiger partial charge < -0.3 is 9.64 Å². The van der Waals surface area contributed by atoms with E-state index in [1.165, 1.54) is 17.8 Å². The smallest absolute Gasteiger partial charge is 0.263 e. The summed E-state index contributed by atoms with van der Waals surface area (Å²) >= 11 is 0. The maximum atomic E-state index is 13.3. The van der Waals surface area contributed by atoms with E-state index in [1.807, 2.05) is 18.2 Å². The van der Waals surface area contributed by atoms with E-state index in [9.17, 15) is 17.2 Å². The molecule has 0 unspecified atom stereocenters. The van der Waals surface area contributed by atoms with Crippen molar-refractivity contribution in [1.82, 2.24) is 4.98 Å². The predicted molar refractivity (Wildman–Crippen MR) is 109 cm³/mol. The SMILES string of the molecule is COc1cccc2c1CCN(c1ccc(S(=O)(=O)Nc3ccc(F)c(F)c3)cn1)C2. The van der Waals surface area contributed by atoms with Gasteiger partial charge in [-0.1, -0.05) is 12.1 Å². The molecule has 156 valence electrons. The molecule has 4 rings (SSSR count). The molecule has 0 atom stereocenters. The molecule has 1 aliphatic heterocycles. The molecule has 0 aliphatic carbocycles. The Hall–Kier alpha value is -3.20. The number of hydrogen-bond donors (Lipinski definition) is 1. The topological polar surface area (TPSA) is 71.5 Å². The van der Waals surface area contributed by atoms with E-state index < -0.39 is 21.7 Å². The third kappa shape index (κ3) is 3.93. The molecule has 30 heavy (non-hydrogen) atoms. The molecule has 0 saturated heterocycles. The first-order valence-corrected chi connectivity index (χ1v) is 10.7. The van der Waals surface area contributed by atoms with Gasteiger partial charge in [-0.15, -0.1) is 0 Å². The molecule has 2 aromatic carbocycles. The maximum absolute atomic E-state index is 13.3. The van der Waals surface area contributed by atoms with Crippen molar-refractivity contribution in [3.63, 3.8) is 0 Å².